The van der Waals surface area contributed by atoms with E-state index in [-0.39, 0.29) is 29.5 Å². The van der Waals surface area contributed by atoms with E-state index < -0.39 is 0 Å². The Labute approximate surface area is 187 Å². The van der Waals surface area contributed by atoms with Gasteiger partial charge in [-0.25, -0.2) is 4.98 Å². The number of amides is 2. The number of likely N-dealkylation sites (tertiary alicyclic amines) is 1. The molecule has 2 aliphatic rings. The van der Waals surface area contributed by atoms with Crippen molar-refractivity contribution in [1.29, 1.82) is 0 Å². The minimum atomic E-state index is -0.249. The molecular weight excluding hydrogens is 408 g/mol. The van der Waals surface area contributed by atoms with Crippen LogP contribution < -0.4 is 5.56 Å². The Bertz CT molecular complexity index is 1020. The lowest BCUT2D eigenvalue weighted by molar-refractivity contribution is -0.136. The van der Waals surface area contributed by atoms with Crippen LogP contribution in [0.3, 0.4) is 0 Å². The number of nitrogens with one attached hydrogen (secondary N) is 1. The van der Waals surface area contributed by atoms with Gasteiger partial charge in [0, 0.05) is 43.9 Å². The van der Waals surface area contributed by atoms with Crippen molar-refractivity contribution in [2.24, 2.45) is 0 Å². The van der Waals surface area contributed by atoms with Crippen LogP contribution in [0.1, 0.15) is 81.5 Å². The minimum absolute atomic E-state index is 0.0396. The first-order chi connectivity index (χ1) is 15.5. The number of aromatic nitrogens is 4. The van der Waals surface area contributed by atoms with Gasteiger partial charge in [0.25, 0.3) is 5.56 Å². The van der Waals surface area contributed by atoms with Crippen molar-refractivity contribution in [3.05, 3.63) is 45.9 Å². The summed E-state index contributed by atoms with van der Waals surface area (Å²) in [6.45, 7) is 5.53. The number of hydrogen-bond acceptors (Lipinski definition) is 5. The summed E-state index contributed by atoms with van der Waals surface area (Å²) < 4.78 is 1.79. The number of nitrogens with zero attached hydrogens (tertiary/aromatic N) is 5. The van der Waals surface area contributed by atoms with E-state index in [9.17, 15) is 14.4 Å². The number of fused-ring (bicyclic) bond motifs is 1. The summed E-state index contributed by atoms with van der Waals surface area (Å²) >= 11 is 0. The third kappa shape index (κ3) is 4.61. The summed E-state index contributed by atoms with van der Waals surface area (Å²) in [6, 6.07) is 1.55. The number of aromatic amines is 1. The van der Waals surface area contributed by atoms with Crippen LogP contribution in [0.15, 0.2) is 23.3 Å². The van der Waals surface area contributed by atoms with Gasteiger partial charge >= 0.3 is 0 Å². The highest BCUT2D eigenvalue weighted by atomic mass is 16.2. The van der Waals surface area contributed by atoms with Crippen molar-refractivity contribution >= 4 is 11.8 Å². The van der Waals surface area contributed by atoms with E-state index >= 15 is 0 Å². The van der Waals surface area contributed by atoms with Gasteiger partial charge in [-0.15, -0.1) is 0 Å². The topological polar surface area (TPSA) is 104 Å². The van der Waals surface area contributed by atoms with E-state index in [0.29, 0.717) is 56.0 Å². The molecule has 2 atom stereocenters. The molecule has 0 spiro atoms. The van der Waals surface area contributed by atoms with Gasteiger partial charge in [0.2, 0.25) is 11.8 Å². The Morgan fingerprint density at radius 2 is 2.09 bits per heavy atom. The van der Waals surface area contributed by atoms with Crippen molar-refractivity contribution in [1.82, 2.24) is 29.5 Å². The zero-order valence-electron chi connectivity index (χ0n) is 18.9. The fourth-order valence-corrected chi connectivity index (χ4v) is 4.72. The normalized spacial score (nSPS) is 19.5. The number of hydrogen-bond donors (Lipinski definition) is 1. The third-order valence-electron chi connectivity index (χ3n) is 6.49. The molecule has 0 saturated carbocycles. The van der Waals surface area contributed by atoms with Gasteiger partial charge in [0.1, 0.15) is 5.82 Å². The average molecular weight is 441 g/mol. The van der Waals surface area contributed by atoms with Crippen LogP contribution in [0.4, 0.5) is 0 Å². The fourth-order valence-electron chi connectivity index (χ4n) is 4.72. The van der Waals surface area contributed by atoms with E-state index in [2.05, 4.69) is 10.1 Å². The summed E-state index contributed by atoms with van der Waals surface area (Å²) in [5, 5.41) is 4.24. The second kappa shape index (κ2) is 9.67. The molecule has 0 radical (unpaired) electrons. The molecule has 9 nitrogen and oxygen atoms in total. The smallest absolute Gasteiger partial charge is 0.254 e. The molecule has 2 unspecified atom stereocenters. The fraction of sp³-hybridized carbons (Fsp3) is 0.609. The quantitative estimate of drug-likeness (QED) is 0.743. The van der Waals surface area contributed by atoms with E-state index in [1.54, 1.807) is 15.8 Å². The summed E-state index contributed by atoms with van der Waals surface area (Å²) in [6.07, 6.45) is 8.41. The number of H-pyrrole nitrogens is 1. The standard InChI is InChI=1S/C23H32N6O3/c1-3-7-20(30)27-13-9-17-18(15-27)25-22(26-23(17)32)19-8-4-5-11-28(19)21(31)14-16(2)29-12-6-10-24-29/h6,10,12,16,19H,3-5,7-9,11,13-15H2,1-2H3,(H,25,26,32). The van der Waals surface area contributed by atoms with Crippen molar-refractivity contribution < 1.29 is 9.59 Å². The Balaban J connectivity index is 1.55. The minimum Gasteiger partial charge on any atom is -0.336 e. The van der Waals surface area contributed by atoms with Crippen molar-refractivity contribution in [2.75, 3.05) is 13.1 Å². The predicted molar refractivity (Wildman–Crippen MR) is 119 cm³/mol. The molecule has 172 valence electrons. The van der Waals surface area contributed by atoms with Gasteiger partial charge in [0.05, 0.1) is 24.3 Å². The molecule has 0 aliphatic carbocycles. The summed E-state index contributed by atoms with van der Waals surface area (Å²) in [5.41, 5.74) is 1.19. The van der Waals surface area contributed by atoms with Crippen molar-refractivity contribution in [3.63, 3.8) is 0 Å². The molecular formula is C23H32N6O3. The maximum Gasteiger partial charge on any atom is 0.254 e. The van der Waals surface area contributed by atoms with Gasteiger partial charge in [-0.3, -0.25) is 19.1 Å². The molecule has 9 heteroatoms. The number of rotatable bonds is 6. The van der Waals surface area contributed by atoms with Crippen LogP contribution in [0.5, 0.6) is 0 Å². The number of piperidine rings is 1. The van der Waals surface area contributed by atoms with Crippen molar-refractivity contribution in [3.8, 4) is 0 Å². The summed E-state index contributed by atoms with van der Waals surface area (Å²) in [7, 11) is 0. The summed E-state index contributed by atoms with van der Waals surface area (Å²) in [4.78, 5) is 49.8. The average Bonchev–Trinajstić information content (AvgIpc) is 3.34. The lowest BCUT2D eigenvalue weighted by Crippen LogP contribution is -2.42. The highest BCUT2D eigenvalue weighted by Crippen LogP contribution is 2.31. The highest BCUT2D eigenvalue weighted by molar-refractivity contribution is 5.77. The molecule has 4 rings (SSSR count). The van der Waals surface area contributed by atoms with Gasteiger partial charge < -0.3 is 14.8 Å². The second-order valence-electron chi connectivity index (χ2n) is 8.83. The molecule has 2 aromatic heterocycles. The van der Waals surface area contributed by atoms with Crippen LogP contribution >= 0.6 is 0 Å². The van der Waals surface area contributed by atoms with Crippen molar-refractivity contribution in [2.45, 2.75) is 77.4 Å². The Morgan fingerprint density at radius 1 is 1.25 bits per heavy atom. The summed E-state index contributed by atoms with van der Waals surface area (Å²) in [5.74, 6) is 0.681. The SMILES string of the molecule is CCCC(=O)N1CCc2c(nc(C3CCCCN3C(=O)CC(C)n3cccn3)[nH]c2=O)C1. The lowest BCUT2D eigenvalue weighted by Gasteiger charge is -2.36. The first-order valence-electron chi connectivity index (χ1n) is 11.7. The Kier molecular flexibility index (Phi) is 6.72. The largest absolute Gasteiger partial charge is 0.336 e. The molecule has 32 heavy (non-hydrogen) atoms. The monoisotopic (exact) mass is 440 g/mol. The zero-order valence-corrected chi connectivity index (χ0v) is 18.9. The second-order valence-corrected chi connectivity index (χ2v) is 8.83. The first kappa shape index (κ1) is 22.2. The Morgan fingerprint density at radius 3 is 2.84 bits per heavy atom. The van der Waals surface area contributed by atoms with E-state index in [1.807, 2.05) is 31.0 Å². The van der Waals surface area contributed by atoms with Crippen LogP contribution in [0.25, 0.3) is 0 Å². The van der Waals surface area contributed by atoms with E-state index in [1.165, 1.54) is 0 Å². The first-order valence-corrected chi connectivity index (χ1v) is 11.7. The molecule has 1 saturated heterocycles. The highest BCUT2D eigenvalue weighted by Gasteiger charge is 2.32. The molecule has 2 amide bonds. The maximum atomic E-state index is 13.2. The molecule has 0 bridgehead atoms. The van der Waals surface area contributed by atoms with Gasteiger partial charge in [-0.2, -0.15) is 5.10 Å². The van der Waals surface area contributed by atoms with E-state index in [4.69, 9.17) is 4.98 Å². The molecule has 4 heterocycles. The Hall–Kier alpha value is -2.97. The van der Waals surface area contributed by atoms with E-state index in [0.717, 1.165) is 25.7 Å². The van der Waals surface area contributed by atoms with Crippen LogP contribution in [-0.2, 0) is 22.6 Å². The predicted octanol–water partition coefficient (Wildman–Crippen LogP) is 2.36. The third-order valence-corrected chi connectivity index (χ3v) is 6.49. The van der Waals surface area contributed by atoms with Gasteiger partial charge in [-0.1, -0.05) is 6.92 Å². The van der Waals surface area contributed by atoms with Crippen LogP contribution in [0, 0.1) is 0 Å². The molecule has 2 aliphatic heterocycles. The molecule has 0 aromatic carbocycles. The zero-order chi connectivity index (χ0) is 22.7. The van der Waals surface area contributed by atoms with Crippen LogP contribution in [-0.4, -0.2) is 54.5 Å². The lowest BCUT2D eigenvalue weighted by atomic mass is 9.99. The maximum absolute atomic E-state index is 13.2. The van der Waals surface area contributed by atoms with Gasteiger partial charge in [-0.05, 0) is 45.1 Å². The molecule has 1 N–H and O–H groups in total. The van der Waals surface area contributed by atoms with Gasteiger partial charge in [0.15, 0.2) is 0 Å². The molecule has 2 aromatic rings. The number of carbonyl (C=O) groups is 2. The number of carbonyl (C=O) groups excluding carboxylic acids is 2. The van der Waals surface area contributed by atoms with Crippen LogP contribution in [0.2, 0.25) is 0 Å². The molecule has 1 fully saturated rings.